The number of fused-ring (bicyclic) bond motifs is 2. The van der Waals surface area contributed by atoms with Crippen molar-refractivity contribution < 1.29 is 24.4 Å². The standard InChI is InChI=1S/C42H52BrClN2O4/c1-28(40-42(4,5)33-27-30(43)22-23-35(33)46(40)26-13-7-9-20-38(49)50)31-16-14-15-29(39(31)44)21-24-36-41(2,3)32-17-10-11-18-34(32)45(36)25-12-6-8-19-37(47)48/h10-11,17-18,21-23,27,36H,1,6-9,12-16,19-20,24-26H2,2-5H3,(H-,47,48,49,50)/p+1. The van der Waals surface area contributed by atoms with Crippen LogP contribution >= 0.6 is 27.5 Å². The Labute approximate surface area is 311 Å². The summed E-state index contributed by atoms with van der Waals surface area (Å²) < 4.78 is 3.45. The molecule has 3 aliphatic rings. The number of para-hydroxylation sites is 1. The Kier molecular flexibility index (Phi) is 12.2. The normalized spacial score (nSPS) is 20.0. The van der Waals surface area contributed by atoms with Gasteiger partial charge in [-0.25, -0.2) is 0 Å². The van der Waals surface area contributed by atoms with Crippen LogP contribution in [0.4, 0.5) is 11.4 Å². The summed E-state index contributed by atoms with van der Waals surface area (Å²) >= 11 is 11.1. The average molecular weight is 765 g/mol. The predicted octanol–water partition coefficient (Wildman–Crippen LogP) is 10.8. The number of aliphatic carboxylic acids is 2. The van der Waals surface area contributed by atoms with Gasteiger partial charge in [0.1, 0.15) is 6.54 Å². The minimum Gasteiger partial charge on any atom is -0.481 e. The lowest BCUT2D eigenvalue weighted by molar-refractivity contribution is -0.438. The molecule has 2 heterocycles. The second kappa shape index (κ2) is 16.0. The molecule has 2 N–H and O–H groups in total. The molecule has 1 aliphatic carbocycles. The number of allylic oxidation sites excluding steroid dienone is 4. The first kappa shape index (κ1) is 38.1. The highest BCUT2D eigenvalue weighted by atomic mass is 79.9. The van der Waals surface area contributed by atoms with Crippen molar-refractivity contribution in [3.05, 3.63) is 92.5 Å². The molecular weight excluding hydrogens is 712 g/mol. The molecule has 50 heavy (non-hydrogen) atoms. The quantitative estimate of drug-likeness (QED) is 0.131. The van der Waals surface area contributed by atoms with Crippen LogP contribution in [0, 0.1) is 0 Å². The summed E-state index contributed by atoms with van der Waals surface area (Å²) in [5, 5.41) is 19.1. The molecule has 5 rings (SSSR count). The maximum Gasteiger partial charge on any atom is 0.303 e. The number of unbranched alkanes of at least 4 members (excludes halogenated alkanes) is 4. The van der Waals surface area contributed by atoms with E-state index in [0.29, 0.717) is 12.8 Å². The molecule has 0 saturated heterocycles. The van der Waals surface area contributed by atoms with E-state index >= 15 is 0 Å². The first-order chi connectivity index (χ1) is 23.7. The smallest absolute Gasteiger partial charge is 0.303 e. The van der Waals surface area contributed by atoms with Gasteiger partial charge in [-0.15, -0.1) is 0 Å². The minimum atomic E-state index is -0.743. The molecule has 0 aromatic heterocycles. The van der Waals surface area contributed by atoms with Crippen molar-refractivity contribution in [1.82, 2.24) is 0 Å². The van der Waals surface area contributed by atoms with Gasteiger partial charge in [-0.05, 0) is 100 Å². The molecule has 0 saturated carbocycles. The van der Waals surface area contributed by atoms with Crippen molar-refractivity contribution in [2.75, 3.05) is 18.0 Å². The van der Waals surface area contributed by atoms with Gasteiger partial charge in [0, 0.05) is 69.7 Å². The van der Waals surface area contributed by atoms with Crippen LogP contribution in [0.2, 0.25) is 0 Å². The van der Waals surface area contributed by atoms with Crippen LogP contribution < -0.4 is 4.90 Å². The third kappa shape index (κ3) is 7.99. The fraction of sp³-hybridized carbons (Fsp3) is 0.500. The lowest BCUT2D eigenvalue weighted by atomic mass is 9.75. The number of hydrogen-bond donors (Lipinski definition) is 2. The summed E-state index contributed by atoms with van der Waals surface area (Å²) in [6.45, 7) is 15.7. The van der Waals surface area contributed by atoms with Crippen molar-refractivity contribution in [3.8, 4) is 0 Å². The minimum absolute atomic E-state index is 0.0548. The highest BCUT2D eigenvalue weighted by molar-refractivity contribution is 9.10. The number of carboxylic acid groups (broad SMARTS) is 2. The number of anilines is 1. The van der Waals surface area contributed by atoms with E-state index in [1.807, 2.05) is 0 Å². The van der Waals surface area contributed by atoms with Crippen LogP contribution in [0.3, 0.4) is 0 Å². The molecule has 268 valence electrons. The lowest BCUT2D eigenvalue weighted by Crippen LogP contribution is -2.41. The zero-order chi connectivity index (χ0) is 36.2. The van der Waals surface area contributed by atoms with Gasteiger partial charge >= 0.3 is 11.9 Å². The van der Waals surface area contributed by atoms with Crippen molar-refractivity contribution in [3.63, 3.8) is 0 Å². The first-order valence-electron chi connectivity index (χ1n) is 18.3. The molecule has 1 unspecified atom stereocenters. The van der Waals surface area contributed by atoms with E-state index in [9.17, 15) is 9.59 Å². The lowest BCUT2D eigenvalue weighted by Gasteiger charge is -2.34. The molecule has 0 fully saturated rings. The molecule has 0 bridgehead atoms. The molecule has 0 radical (unpaired) electrons. The molecule has 2 aliphatic heterocycles. The number of halogens is 2. The van der Waals surface area contributed by atoms with E-state index in [0.717, 1.165) is 85.1 Å². The van der Waals surface area contributed by atoms with Crippen molar-refractivity contribution in [2.45, 2.75) is 122 Å². The van der Waals surface area contributed by atoms with Gasteiger partial charge in [-0.2, -0.15) is 4.58 Å². The highest BCUT2D eigenvalue weighted by Crippen LogP contribution is 2.49. The molecule has 8 heteroatoms. The second-order valence-corrected chi connectivity index (χ2v) is 16.5. The summed E-state index contributed by atoms with van der Waals surface area (Å²) in [7, 11) is 0. The molecule has 2 aromatic carbocycles. The van der Waals surface area contributed by atoms with Gasteiger partial charge in [0.2, 0.25) is 5.69 Å². The first-order valence-corrected chi connectivity index (χ1v) is 19.4. The summed E-state index contributed by atoms with van der Waals surface area (Å²) in [4.78, 5) is 24.7. The Hall–Kier alpha value is -3.16. The molecule has 0 spiro atoms. The van der Waals surface area contributed by atoms with Crippen LogP contribution in [0.25, 0.3) is 0 Å². The van der Waals surface area contributed by atoms with Crippen molar-refractivity contribution in [1.29, 1.82) is 0 Å². The zero-order valence-electron chi connectivity index (χ0n) is 30.2. The maximum atomic E-state index is 11.1. The summed E-state index contributed by atoms with van der Waals surface area (Å²) in [5.74, 6) is -1.47. The van der Waals surface area contributed by atoms with Crippen LogP contribution in [0.15, 0.2) is 81.3 Å². The van der Waals surface area contributed by atoms with Gasteiger partial charge in [0.05, 0.1) is 5.41 Å². The van der Waals surface area contributed by atoms with Gasteiger partial charge < -0.3 is 15.1 Å². The van der Waals surface area contributed by atoms with Crippen LogP contribution in [-0.2, 0) is 20.4 Å². The third-order valence-corrected chi connectivity index (χ3v) is 12.1. The Morgan fingerprint density at radius 1 is 0.960 bits per heavy atom. The highest BCUT2D eigenvalue weighted by Gasteiger charge is 2.48. The van der Waals surface area contributed by atoms with Gasteiger partial charge in [-0.1, -0.05) is 78.7 Å². The number of carboxylic acids is 2. The number of rotatable bonds is 16. The summed E-state index contributed by atoms with van der Waals surface area (Å²) in [6.07, 6.45) is 11.5. The number of benzene rings is 2. The molecule has 2 aromatic rings. The zero-order valence-corrected chi connectivity index (χ0v) is 32.5. The number of hydrogen-bond acceptors (Lipinski definition) is 3. The van der Waals surface area contributed by atoms with Gasteiger partial charge in [0.15, 0.2) is 5.71 Å². The van der Waals surface area contributed by atoms with E-state index in [1.54, 1.807) is 0 Å². The monoisotopic (exact) mass is 763 g/mol. The molecular formula is C42H53BrClN2O4+. The fourth-order valence-electron chi connectivity index (χ4n) is 8.50. The van der Waals surface area contributed by atoms with Crippen LogP contribution in [0.1, 0.15) is 116 Å². The average Bonchev–Trinajstić information content (AvgIpc) is 3.41. The van der Waals surface area contributed by atoms with E-state index < -0.39 is 11.9 Å². The molecule has 1 atom stereocenters. The van der Waals surface area contributed by atoms with E-state index in [-0.39, 0.29) is 29.7 Å². The van der Waals surface area contributed by atoms with Gasteiger partial charge in [0.25, 0.3) is 0 Å². The van der Waals surface area contributed by atoms with E-state index in [2.05, 4.69) is 102 Å². The topological polar surface area (TPSA) is 80.9 Å². The second-order valence-electron chi connectivity index (χ2n) is 15.2. The van der Waals surface area contributed by atoms with E-state index in [4.69, 9.17) is 28.4 Å². The Balaban J connectivity index is 1.42. The van der Waals surface area contributed by atoms with Crippen LogP contribution in [0.5, 0.6) is 0 Å². The SMILES string of the molecule is C=C(C1=C(Cl)C(=CCC2N(CCCCCC(=O)O)c3ccccc3C2(C)C)CCC1)C1=[N+](CCCCCC(=O)O)c2ccc(Br)cc2C1(C)C. The number of carbonyl (C=O) groups is 2. The number of nitrogens with zero attached hydrogens (tertiary/aromatic N) is 2. The van der Waals surface area contributed by atoms with Crippen LogP contribution in [-0.4, -0.2) is 51.6 Å². The summed E-state index contributed by atoms with van der Waals surface area (Å²) in [6, 6.07) is 15.5. The van der Waals surface area contributed by atoms with Crippen molar-refractivity contribution >= 4 is 56.6 Å². The van der Waals surface area contributed by atoms with Gasteiger partial charge in [-0.3, -0.25) is 9.59 Å². The fourth-order valence-corrected chi connectivity index (χ4v) is 9.25. The molecule has 0 amide bonds. The molecule has 6 nitrogen and oxygen atoms in total. The Bertz CT molecular complexity index is 1740. The maximum absolute atomic E-state index is 11.1. The van der Waals surface area contributed by atoms with Crippen molar-refractivity contribution in [2.24, 2.45) is 0 Å². The largest absolute Gasteiger partial charge is 0.481 e. The Morgan fingerprint density at radius 3 is 2.34 bits per heavy atom. The van der Waals surface area contributed by atoms with E-state index in [1.165, 1.54) is 33.8 Å². The Morgan fingerprint density at radius 2 is 1.64 bits per heavy atom. The summed E-state index contributed by atoms with van der Waals surface area (Å²) in [5.41, 5.74) is 9.24. The third-order valence-electron chi connectivity index (χ3n) is 11.1. The predicted molar refractivity (Wildman–Crippen MR) is 208 cm³/mol.